The third-order valence-corrected chi connectivity index (χ3v) is 6.21. The van der Waals surface area contributed by atoms with Gasteiger partial charge in [0.2, 0.25) is 0 Å². The molecule has 0 aromatic heterocycles. The van der Waals surface area contributed by atoms with Crippen molar-refractivity contribution in [2.24, 2.45) is 0 Å². The van der Waals surface area contributed by atoms with E-state index in [4.69, 9.17) is 5.26 Å². The molecule has 0 fully saturated rings. The summed E-state index contributed by atoms with van der Waals surface area (Å²) in [6.45, 7) is 6.30. The number of anilines is 1. The van der Waals surface area contributed by atoms with Gasteiger partial charge in [-0.2, -0.15) is 5.26 Å². The number of hydrogen-bond donors (Lipinski definition) is 1. The SMILES string of the molecule is C=CCN(Cc1ccc(C#N)cc1)C(=O)c1ccc(S(=O)(=O)Nc2ccc(C)cc2)cc1. The van der Waals surface area contributed by atoms with Crippen molar-refractivity contribution in [2.75, 3.05) is 11.3 Å². The summed E-state index contributed by atoms with van der Waals surface area (Å²) in [7, 11) is -3.77. The van der Waals surface area contributed by atoms with Crippen LogP contribution in [0.5, 0.6) is 0 Å². The molecule has 0 heterocycles. The second kappa shape index (κ2) is 9.94. The Morgan fingerprint density at radius 1 is 1.03 bits per heavy atom. The summed E-state index contributed by atoms with van der Waals surface area (Å²) in [6.07, 6.45) is 1.63. The van der Waals surface area contributed by atoms with Gasteiger partial charge < -0.3 is 4.90 Å². The number of carbonyl (C=O) groups is 1. The number of carbonyl (C=O) groups excluding carboxylic acids is 1. The van der Waals surface area contributed by atoms with Gasteiger partial charge in [-0.25, -0.2) is 8.42 Å². The van der Waals surface area contributed by atoms with Gasteiger partial charge >= 0.3 is 0 Å². The van der Waals surface area contributed by atoms with E-state index in [1.807, 2.05) is 19.1 Å². The minimum absolute atomic E-state index is 0.0667. The molecular formula is C25H23N3O3S. The first-order chi connectivity index (χ1) is 15.3. The van der Waals surface area contributed by atoms with E-state index in [9.17, 15) is 13.2 Å². The van der Waals surface area contributed by atoms with Crippen LogP contribution in [0, 0.1) is 18.3 Å². The first kappa shape index (κ1) is 22.8. The van der Waals surface area contributed by atoms with E-state index in [1.165, 1.54) is 24.3 Å². The molecule has 1 N–H and O–H groups in total. The number of nitrogens with zero attached hydrogens (tertiary/aromatic N) is 2. The first-order valence-electron chi connectivity index (χ1n) is 9.91. The van der Waals surface area contributed by atoms with Gasteiger partial charge in [-0.05, 0) is 61.0 Å². The molecule has 1 amide bonds. The van der Waals surface area contributed by atoms with E-state index in [0.29, 0.717) is 29.9 Å². The van der Waals surface area contributed by atoms with Crippen LogP contribution >= 0.6 is 0 Å². The summed E-state index contributed by atoms with van der Waals surface area (Å²) in [5.74, 6) is -0.246. The third-order valence-electron chi connectivity index (χ3n) is 4.81. The molecule has 0 saturated heterocycles. The van der Waals surface area contributed by atoms with Crippen LogP contribution in [-0.2, 0) is 16.6 Å². The number of sulfonamides is 1. The van der Waals surface area contributed by atoms with Crippen molar-refractivity contribution in [1.82, 2.24) is 4.90 Å². The monoisotopic (exact) mass is 445 g/mol. The lowest BCUT2D eigenvalue weighted by Crippen LogP contribution is -2.30. The van der Waals surface area contributed by atoms with E-state index < -0.39 is 10.0 Å². The average molecular weight is 446 g/mol. The summed E-state index contributed by atoms with van der Waals surface area (Å²) in [5.41, 5.74) is 3.29. The highest BCUT2D eigenvalue weighted by Gasteiger charge is 2.18. The van der Waals surface area contributed by atoms with Gasteiger partial charge in [0.15, 0.2) is 0 Å². The molecule has 0 aliphatic rings. The Morgan fingerprint density at radius 2 is 1.66 bits per heavy atom. The van der Waals surface area contributed by atoms with Crippen LogP contribution in [-0.4, -0.2) is 25.8 Å². The Kier molecular flexibility index (Phi) is 7.08. The molecule has 0 atom stereocenters. The van der Waals surface area contributed by atoms with Crippen molar-refractivity contribution in [1.29, 1.82) is 5.26 Å². The number of nitriles is 1. The Hall–Kier alpha value is -3.89. The Labute approximate surface area is 188 Å². The summed E-state index contributed by atoms with van der Waals surface area (Å²) < 4.78 is 27.8. The van der Waals surface area contributed by atoms with Crippen LogP contribution in [0.25, 0.3) is 0 Å². The zero-order valence-corrected chi connectivity index (χ0v) is 18.5. The highest BCUT2D eigenvalue weighted by Crippen LogP contribution is 2.18. The fourth-order valence-corrected chi connectivity index (χ4v) is 4.13. The minimum atomic E-state index is -3.77. The Morgan fingerprint density at radius 3 is 2.22 bits per heavy atom. The van der Waals surface area contributed by atoms with Crippen LogP contribution in [0.3, 0.4) is 0 Å². The molecule has 3 aromatic rings. The van der Waals surface area contributed by atoms with Crippen molar-refractivity contribution in [3.05, 3.63) is 108 Å². The molecule has 0 radical (unpaired) electrons. The predicted molar refractivity (Wildman–Crippen MR) is 125 cm³/mol. The van der Waals surface area contributed by atoms with Crippen molar-refractivity contribution in [3.8, 4) is 6.07 Å². The van der Waals surface area contributed by atoms with Crippen molar-refractivity contribution in [3.63, 3.8) is 0 Å². The normalized spacial score (nSPS) is 10.8. The topological polar surface area (TPSA) is 90.3 Å². The molecule has 32 heavy (non-hydrogen) atoms. The standard InChI is InChI=1S/C25H23N3O3S/c1-3-16-28(18-21-8-6-20(17-26)7-9-21)25(29)22-10-14-24(15-11-22)32(30,31)27-23-12-4-19(2)5-13-23/h3-15,27H,1,16,18H2,2H3. The van der Waals surface area contributed by atoms with Gasteiger partial charge in [-0.15, -0.1) is 6.58 Å². The van der Waals surface area contributed by atoms with Gasteiger partial charge in [0.1, 0.15) is 0 Å². The maximum Gasteiger partial charge on any atom is 0.261 e. The molecule has 6 nitrogen and oxygen atoms in total. The quantitative estimate of drug-likeness (QED) is 0.517. The number of aryl methyl sites for hydroxylation is 1. The Bertz CT molecular complexity index is 1240. The highest BCUT2D eigenvalue weighted by molar-refractivity contribution is 7.92. The second-order valence-corrected chi connectivity index (χ2v) is 8.96. The first-order valence-corrected chi connectivity index (χ1v) is 11.4. The van der Waals surface area contributed by atoms with E-state index >= 15 is 0 Å². The summed E-state index contributed by atoms with van der Waals surface area (Å²) in [5, 5.41) is 8.93. The minimum Gasteiger partial charge on any atom is -0.331 e. The van der Waals surface area contributed by atoms with Gasteiger partial charge in [0, 0.05) is 24.3 Å². The van der Waals surface area contributed by atoms with Crippen LogP contribution in [0.15, 0.2) is 90.3 Å². The molecule has 0 spiro atoms. The number of rotatable bonds is 8. The number of nitrogens with one attached hydrogen (secondary N) is 1. The third kappa shape index (κ3) is 5.62. The zero-order valence-electron chi connectivity index (χ0n) is 17.7. The molecule has 162 valence electrons. The highest BCUT2D eigenvalue weighted by atomic mass is 32.2. The predicted octanol–water partition coefficient (Wildman–Crippen LogP) is 4.50. The summed E-state index contributed by atoms with van der Waals surface area (Å²) in [6, 6.07) is 21.9. The maximum atomic E-state index is 13.0. The van der Waals surface area contributed by atoms with E-state index in [-0.39, 0.29) is 10.8 Å². The van der Waals surface area contributed by atoms with Gasteiger partial charge in [-0.1, -0.05) is 35.9 Å². The van der Waals surface area contributed by atoms with Crippen LogP contribution < -0.4 is 4.72 Å². The smallest absolute Gasteiger partial charge is 0.261 e. The van der Waals surface area contributed by atoms with E-state index in [2.05, 4.69) is 17.4 Å². The lowest BCUT2D eigenvalue weighted by atomic mass is 10.1. The lowest BCUT2D eigenvalue weighted by Gasteiger charge is -2.21. The molecule has 7 heteroatoms. The van der Waals surface area contributed by atoms with E-state index in [1.54, 1.807) is 47.4 Å². The number of benzene rings is 3. The summed E-state index contributed by atoms with van der Waals surface area (Å²) in [4.78, 5) is 14.7. The largest absolute Gasteiger partial charge is 0.331 e. The van der Waals surface area contributed by atoms with Gasteiger partial charge in [0.25, 0.3) is 15.9 Å². The van der Waals surface area contributed by atoms with Crippen molar-refractivity contribution >= 4 is 21.6 Å². The molecule has 0 unspecified atom stereocenters. The molecule has 3 rings (SSSR count). The molecule has 3 aromatic carbocycles. The zero-order chi connectivity index (χ0) is 23.1. The number of amides is 1. The fraction of sp³-hybridized carbons (Fsp3) is 0.120. The molecule has 0 aliphatic carbocycles. The van der Waals surface area contributed by atoms with Gasteiger partial charge in [-0.3, -0.25) is 9.52 Å². The molecule has 0 bridgehead atoms. The lowest BCUT2D eigenvalue weighted by molar-refractivity contribution is 0.0762. The fourth-order valence-electron chi connectivity index (χ4n) is 3.08. The second-order valence-electron chi connectivity index (χ2n) is 7.28. The van der Waals surface area contributed by atoms with Crippen LogP contribution in [0.4, 0.5) is 5.69 Å². The average Bonchev–Trinajstić information content (AvgIpc) is 2.80. The van der Waals surface area contributed by atoms with E-state index in [0.717, 1.165) is 11.1 Å². The maximum absolute atomic E-state index is 13.0. The van der Waals surface area contributed by atoms with Crippen LogP contribution in [0.2, 0.25) is 0 Å². The van der Waals surface area contributed by atoms with Crippen molar-refractivity contribution < 1.29 is 13.2 Å². The van der Waals surface area contributed by atoms with Gasteiger partial charge in [0.05, 0.1) is 16.5 Å². The van der Waals surface area contributed by atoms with Crippen LogP contribution in [0.1, 0.15) is 27.0 Å². The summed E-state index contributed by atoms with van der Waals surface area (Å²) >= 11 is 0. The number of hydrogen-bond acceptors (Lipinski definition) is 4. The molecular weight excluding hydrogens is 422 g/mol. The molecule has 0 saturated carbocycles. The Balaban J connectivity index is 1.76. The molecule has 0 aliphatic heterocycles. The van der Waals surface area contributed by atoms with Crippen molar-refractivity contribution in [2.45, 2.75) is 18.4 Å².